The van der Waals surface area contributed by atoms with Crippen LogP contribution in [0.2, 0.25) is 0 Å². The topological polar surface area (TPSA) is 75.9 Å². The van der Waals surface area contributed by atoms with E-state index in [1.54, 1.807) is 4.68 Å². The summed E-state index contributed by atoms with van der Waals surface area (Å²) >= 11 is 0. The maximum Gasteiger partial charge on any atom is 0.251 e. The Hall–Kier alpha value is -4.26. The van der Waals surface area contributed by atoms with Crippen LogP contribution < -0.4 is 10.2 Å². The third-order valence-electron chi connectivity index (χ3n) is 5.68. The van der Waals surface area contributed by atoms with E-state index < -0.39 is 0 Å². The van der Waals surface area contributed by atoms with Crippen molar-refractivity contribution >= 4 is 23.2 Å². The Labute approximate surface area is 192 Å². The van der Waals surface area contributed by atoms with Crippen LogP contribution in [0.3, 0.4) is 0 Å². The van der Waals surface area contributed by atoms with E-state index in [0.717, 1.165) is 28.1 Å². The second kappa shape index (κ2) is 8.70. The van der Waals surface area contributed by atoms with Crippen molar-refractivity contribution in [1.82, 2.24) is 20.2 Å². The van der Waals surface area contributed by atoms with Crippen molar-refractivity contribution in [1.29, 1.82) is 0 Å². The van der Waals surface area contributed by atoms with Gasteiger partial charge in [-0.3, -0.25) is 9.69 Å². The Morgan fingerprint density at radius 2 is 1.73 bits per heavy atom. The minimum Gasteiger partial charge on any atom is -0.325 e. The smallest absolute Gasteiger partial charge is 0.251 e. The van der Waals surface area contributed by atoms with Crippen LogP contribution in [0.4, 0.5) is 11.6 Å². The van der Waals surface area contributed by atoms with Crippen molar-refractivity contribution in [2.45, 2.75) is 19.9 Å². The first-order chi connectivity index (χ1) is 16.1. The highest BCUT2D eigenvalue weighted by molar-refractivity contribution is 5.97. The largest absolute Gasteiger partial charge is 0.325 e. The molecule has 1 aromatic heterocycles. The number of hydrogen-bond acceptors (Lipinski definition) is 5. The molecule has 1 N–H and O–H groups in total. The molecular weight excluding hydrogens is 412 g/mol. The standard InChI is InChI=1S/C26H24N6O/c1-18-11-13-21(14-12-18)24-16-23(20-8-4-3-5-9-20)31(26-28-29-30-32(24)26)17-25(33)27-22-10-6-7-19(2)15-22/h3-16,24H,17H2,1-2H3,(H,27,33)/t24-/m0/s1. The average molecular weight is 437 g/mol. The monoisotopic (exact) mass is 436 g/mol. The maximum absolute atomic E-state index is 13.0. The van der Waals surface area contributed by atoms with E-state index in [2.05, 4.69) is 58.1 Å². The summed E-state index contributed by atoms with van der Waals surface area (Å²) in [4.78, 5) is 14.9. The Kier molecular flexibility index (Phi) is 5.44. The summed E-state index contributed by atoms with van der Waals surface area (Å²) in [7, 11) is 0. The van der Waals surface area contributed by atoms with E-state index in [9.17, 15) is 4.79 Å². The molecule has 7 nitrogen and oxygen atoms in total. The van der Waals surface area contributed by atoms with Gasteiger partial charge in [0.15, 0.2) is 0 Å². The number of anilines is 2. The van der Waals surface area contributed by atoms with Crippen LogP contribution in [0.5, 0.6) is 0 Å². The second-order valence-corrected chi connectivity index (χ2v) is 8.20. The lowest BCUT2D eigenvalue weighted by Gasteiger charge is -2.32. The molecule has 33 heavy (non-hydrogen) atoms. The number of fused-ring (bicyclic) bond motifs is 1. The fourth-order valence-electron chi connectivity index (χ4n) is 4.05. The summed E-state index contributed by atoms with van der Waals surface area (Å²) in [5.41, 5.74) is 6.00. The van der Waals surface area contributed by atoms with Crippen molar-refractivity contribution in [3.63, 3.8) is 0 Å². The summed E-state index contributed by atoms with van der Waals surface area (Å²) in [6.45, 7) is 4.14. The quantitative estimate of drug-likeness (QED) is 0.503. The van der Waals surface area contributed by atoms with Crippen LogP contribution in [0.25, 0.3) is 5.70 Å². The molecule has 0 saturated carbocycles. The highest BCUT2D eigenvalue weighted by Gasteiger charge is 2.31. The normalized spacial score (nSPS) is 15.0. The number of amides is 1. The first-order valence-corrected chi connectivity index (χ1v) is 10.8. The molecule has 1 amide bonds. The fourth-order valence-corrected chi connectivity index (χ4v) is 4.05. The maximum atomic E-state index is 13.0. The number of aromatic nitrogens is 4. The van der Waals surface area contributed by atoms with E-state index in [-0.39, 0.29) is 18.5 Å². The molecule has 0 radical (unpaired) electrons. The van der Waals surface area contributed by atoms with Crippen LogP contribution in [0, 0.1) is 13.8 Å². The van der Waals surface area contributed by atoms with Crippen molar-refractivity contribution in [2.75, 3.05) is 16.8 Å². The van der Waals surface area contributed by atoms with Gasteiger partial charge in [0, 0.05) is 5.69 Å². The van der Waals surface area contributed by atoms with Gasteiger partial charge >= 0.3 is 0 Å². The molecule has 0 aliphatic carbocycles. The highest BCUT2D eigenvalue weighted by Crippen LogP contribution is 2.36. The Balaban J connectivity index is 1.53. The Morgan fingerprint density at radius 3 is 2.48 bits per heavy atom. The minimum absolute atomic E-state index is 0.0790. The number of allylic oxidation sites excluding steroid dienone is 1. The molecule has 5 rings (SSSR count). The van der Waals surface area contributed by atoms with Crippen LogP contribution in [0.1, 0.15) is 28.3 Å². The minimum atomic E-state index is -0.179. The zero-order valence-electron chi connectivity index (χ0n) is 18.5. The van der Waals surface area contributed by atoms with Gasteiger partial charge in [0.1, 0.15) is 12.6 Å². The molecule has 164 valence electrons. The predicted molar refractivity (Wildman–Crippen MR) is 129 cm³/mol. The van der Waals surface area contributed by atoms with Crippen molar-refractivity contribution in [3.05, 3.63) is 107 Å². The molecule has 1 aliphatic heterocycles. The predicted octanol–water partition coefficient (Wildman–Crippen LogP) is 4.38. The Bertz CT molecular complexity index is 1310. The number of benzene rings is 3. The lowest BCUT2D eigenvalue weighted by atomic mass is 10.00. The number of nitrogens with zero attached hydrogens (tertiary/aromatic N) is 5. The molecule has 3 aromatic carbocycles. The summed E-state index contributed by atoms with van der Waals surface area (Å²) in [5, 5.41) is 15.5. The number of rotatable bonds is 5. The number of nitrogens with one attached hydrogen (secondary N) is 1. The highest BCUT2D eigenvalue weighted by atomic mass is 16.2. The van der Waals surface area contributed by atoms with Gasteiger partial charge in [0.25, 0.3) is 5.95 Å². The fraction of sp³-hybridized carbons (Fsp3) is 0.154. The van der Waals surface area contributed by atoms with Gasteiger partial charge in [-0.05, 0) is 59.2 Å². The first-order valence-electron chi connectivity index (χ1n) is 10.8. The van der Waals surface area contributed by atoms with E-state index in [1.807, 2.05) is 66.4 Å². The molecule has 0 unspecified atom stereocenters. The lowest BCUT2D eigenvalue weighted by Crippen LogP contribution is -2.37. The molecule has 1 aliphatic rings. The van der Waals surface area contributed by atoms with E-state index in [1.165, 1.54) is 5.56 Å². The van der Waals surface area contributed by atoms with Gasteiger partial charge in [0.05, 0.1) is 5.70 Å². The summed E-state index contributed by atoms with van der Waals surface area (Å²) in [6, 6.07) is 25.9. The lowest BCUT2D eigenvalue weighted by molar-refractivity contribution is -0.114. The SMILES string of the molecule is Cc1ccc([C@@H]2C=C(c3ccccc3)N(CC(=O)Nc3cccc(C)c3)c3nnnn32)cc1. The third-order valence-corrected chi connectivity index (χ3v) is 5.68. The zero-order valence-corrected chi connectivity index (χ0v) is 18.5. The molecule has 2 heterocycles. The van der Waals surface area contributed by atoms with Crippen molar-refractivity contribution in [2.24, 2.45) is 0 Å². The molecule has 0 bridgehead atoms. The first kappa shape index (κ1) is 20.6. The van der Waals surface area contributed by atoms with E-state index in [4.69, 9.17) is 0 Å². The van der Waals surface area contributed by atoms with Gasteiger partial charge in [0.2, 0.25) is 5.91 Å². The summed E-state index contributed by atoms with van der Waals surface area (Å²) < 4.78 is 1.76. The number of carbonyl (C=O) groups is 1. The van der Waals surface area contributed by atoms with Crippen LogP contribution in [-0.2, 0) is 4.79 Å². The van der Waals surface area contributed by atoms with Gasteiger partial charge < -0.3 is 5.32 Å². The van der Waals surface area contributed by atoms with Gasteiger partial charge in [-0.25, -0.2) is 0 Å². The average Bonchev–Trinajstić information content (AvgIpc) is 3.31. The van der Waals surface area contributed by atoms with Crippen molar-refractivity contribution in [3.8, 4) is 0 Å². The summed E-state index contributed by atoms with van der Waals surface area (Å²) in [5.74, 6) is 0.382. The van der Waals surface area contributed by atoms with E-state index >= 15 is 0 Å². The Morgan fingerprint density at radius 1 is 0.939 bits per heavy atom. The molecule has 1 atom stereocenters. The number of carbonyl (C=O) groups excluding carboxylic acids is 1. The van der Waals surface area contributed by atoms with Crippen LogP contribution in [0.15, 0.2) is 84.9 Å². The molecule has 0 saturated heterocycles. The molecule has 0 spiro atoms. The van der Waals surface area contributed by atoms with E-state index in [0.29, 0.717) is 5.95 Å². The molecule has 7 heteroatoms. The van der Waals surface area contributed by atoms with Crippen LogP contribution >= 0.6 is 0 Å². The van der Waals surface area contributed by atoms with Gasteiger partial charge in [-0.15, -0.1) is 0 Å². The number of hydrogen-bond donors (Lipinski definition) is 1. The number of aryl methyl sites for hydroxylation is 2. The molecule has 4 aromatic rings. The van der Waals surface area contributed by atoms with Gasteiger partial charge in [-0.1, -0.05) is 77.4 Å². The van der Waals surface area contributed by atoms with Crippen molar-refractivity contribution < 1.29 is 4.79 Å². The van der Waals surface area contributed by atoms with Gasteiger partial charge in [-0.2, -0.15) is 4.68 Å². The molecular formula is C26H24N6O. The number of tetrazole rings is 1. The second-order valence-electron chi connectivity index (χ2n) is 8.20. The zero-order chi connectivity index (χ0) is 22.8. The third kappa shape index (κ3) is 4.25. The molecule has 0 fully saturated rings. The summed E-state index contributed by atoms with van der Waals surface area (Å²) in [6.07, 6.45) is 2.11. The van der Waals surface area contributed by atoms with Crippen LogP contribution in [-0.4, -0.2) is 32.7 Å².